The zero-order valence-electron chi connectivity index (χ0n) is 8.59. The molecule has 0 unspecified atom stereocenters. The van der Waals surface area contributed by atoms with Crippen molar-refractivity contribution >= 4 is 5.91 Å². The van der Waals surface area contributed by atoms with Crippen LogP contribution in [0.1, 0.15) is 19.3 Å². The Labute approximate surface area is 85.1 Å². The molecule has 0 saturated heterocycles. The predicted molar refractivity (Wildman–Crippen MR) is 55.9 cm³/mol. The number of nitrogens with one attached hydrogen (secondary N) is 2. The summed E-state index contributed by atoms with van der Waals surface area (Å²) in [6.45, 7) is 2.94. The van der Waals surface area contributed by atoms with E-state index in [1.54, 1.807) is 0 Å². The summed E-state index contributed by atoms with van der Waals surface area (Å²) < 4.78 is 0. The van der Waals surface area contributed by atoms with Crippen molar-refractivity contribution in [2.75, 3.05) is 32.8 Å². The van der Waals surface area contributed by atoms with Crippen LogP contribution in [0.5, 0.6) is 0 Å². The summed E-state index contributed by atoms with van der Waals surface area (Å²) in [5.41, 5.74) is 5.28. The molecule has 84 valence electrons. The highest BCUT2D eigenvalue weighted by atomic mass is 16.2. The van der Waals surface area contributed by atoms with Crippen LogP contribution in [-0.2, 0) is 4.79 Å². The van der Waals surface area contributed by atoms with Gasteiger partial charge >= 0.3 is 0 Å². The second-order valence-electron chi connectivity index (χ2n) is 3.07. The molecule has 0 aromatic heterocycles. The monoisotopic (exact) mass is 203 g/mol. The molecule has 0 aliphatic carbocycles. The van der Waals surface area contributed by atoms with Crippen LogP contribution in [0.4, 0.5) is 0 Å². The molecular weight excluding hydrogens is 182 g/mol. The molecule has 0 aliphatic rings. The third-order valence-corrected chi connectivity index (χ3v) is 1.76. The average Bonchev–Trinajstić information content (AvgIpc) is 2.18. The highest BCUT2D eigenvalue weighted by Crippen LogP contribution is 1.92. The number of nitrogens with two attached hydrogens (primary N) is 1. The Hall–Kier alpha value is -0.650. The third-order valence-electron chi connectivity index (χ3n) is 1.76. The Balaban J connectivity index is 3.10. The molecule has 0 aliphatic heterocycles. The Kier molecular flexibility index (Phi) is 9.95. The lowest BCUT2D eigenvalue weighted by molar-refractivity contribution is -0.121. The standard InChI is InChI=1S/C9H21N3O2/c10-4-5-11-6-7-12-9(14)3-1-2-8-13/h11,13H,1-8,10H2,(H,12,14). The molecule has 0 aromatic carbocycles. The van der Waals surface area contributed by atoms with E-state index in [9.17, 15) is 4.79 Å². The van der Waals surface area contributed by atoms with E-state index < -0.39 is 0 Å². The van der Waals surface area contributed by atoms with Gasteiger partial charge in [0.1, 0.15) is 0 Å². The summed E-state index contributed by atoms with van der Waals surface area (Å²) in [4.78, 5) is 11.1. The minimum absolute atomic E-state index is 0.0491. The van der Waals surface area contributed by atoms with Crippen LogP contribution in [0.25, 0.3) is 0 Å². The fraction of sp³-hybridized carbons (Fsp3) is 0.889. The first-order valence-electron chi connectivity index (χ1n) is 5.09. The molecular formula is C9H21N3O2. The van der Waals surface area contributed by atoms with Gasteiger partial charge in [-0.15, -0.1) is 0 Å². The normalized spacial score (nSPS) is 10.1. The second-order valence-corrected chi connectivity index (χ2v) is 3.07. The van der Waals surface area contributed by atoms with Gasteiger partial charge in [-0.3, -0.25) is 4.79 Å². The Morgan fingerprint density at radius 3 is 2.64 bits per heavy atom. The van der Waals surface area contributed by atoms with Crippen LogP contribution in [0.15, 0.2) is 0 Å². The molecule has 5 N–H and O–H groups in total. The minimum atomic E-state index is 0.0491. The number of hydrogen-bond acceptors (Lipinski definition) is 4. The molecule has 1 amide bonds. The summed E-state index contributed by atoms with van der Waals surface area (Å²) in [6, 6.07) is 0. The lowest BCUT2D eigenvalue weighted by atomic mass is 10.2. The van der Waals surface area contributed by atoms with Crippen LogP contribution >= 0.6 is 0 Å². The highest BCUT2D eigenvalue weighted by molar-refractivity contribution is 5.75. The summed E-state index contributed by atoms with van der Waals surface area (Å²) in [5.74, 6) is 0.0491. The largest absolute Gasteiger partial charge is 0.396 e. The van der Waals surface area contributed by atoms with Crippen LogP contribution in [0, 0.1) is 0 Å². The lowest BCUT2D eigenvalue weighted by Crippen LogP contribution is -2.33. The molecule has 0 fully saturated rings. The van der Waals surface area contributed by atoms with Gasteiger partial charge in [-0.2, -0.15) is 0 Å². The Morgan fingerprint density at radius 2 is 2.00 bits per heavy atom. The molecule has 0 bridgehead atoms. The zero-order valence-corrected chi connectivity index (χ0v) is 8.59. The second kappa shape index (κ2) is 10.4. The predicted octanol–water partition coefficient (Wildman–Crippen LogP) is -1.19. The molecule has 5 heteroatoms. The number of carbonyl (C=O) groups is 1. The van der Waals surface area contributed by atoms with Crippen molar-refractivity contribution in [1.82, 2.24) is 10.6 Å². The van der Waals surface area contributed by atoms with Crippen molar-refractivity contribution in [3.63, 3.8) is 0 Å². The number of aliphatic hydroxyl groups is 1. The van der Waals surface area contributed by atoms with Gasteiger partial charge in [0, 0.05) is 39.2 Å². The number of hydrogen-bond donors (Lipinski definition) is 4. The van der Waals surface area contributed by atoms with Gasteiger partial charge in [0.15, 0.2) is 0 Å². The number of unbranched alkanes of at least 4 members (excludes halogenated alkanes) is 1. The fourth-order valence-electron chi connectivity index (χ4n) is 1.00. The highest BCUT2D eigenvalue weighted by Gasteiger charge is 1.98. The minimum Gasteiger partial charge on any atom is -0.396 e. The van der Waals surface area contributed by atoms with Gasteiger partial charge in [0.25, 0.3) is 0 Å². The topological polar surface area (TPSA) is 87.4 Å². The van der Waals surface area contributed by atoms with E-state index in [1.807, 2.05) is 0 Å². The van der Waals surface area contributed by atoms with Gasteiger partial charge in [0.2, 0.25) is 5.91 Å². The molecule has 14 heavy (non-hydrogen) atoms. The third kappa shape index (κ3) is 9.44. The molecule has 0 atom stereocenters. The molecule has 5 nitrogen and oxygen atoms in total. The van der Waals surface area contributed by atoms with Gasteiger partial charge < -0.3 is 21.5 Å². The van der Waals surface area contributed by atoms with E-state index in [4.69, 9.17) is 10.8 Å². The van der Waals surface area contributed by atoms with Crippen LogP contribution in [0.3, 0.4) is 0 Å². The smallest absolute Gasteiger partial charge is 0.220 e. The van der Waals surface area contributed by atoms with Gasteiger partial charge in [-0.25, -0.2) is 0 Å². The van der Waals surface area contributed by atoms with Crippen molar-refractivity contribution in [1.29, 1.82) is 0 Å². The van der Waals surface area contributed by atoms with Crippen molar-refractivity contribution in [3.05, 3.63) is 0 Å². The fourth-order valence-corrected chi connectivity index (χ4v) is 1.00. The van der Waals surface area contributed by atoms with Crippen molar-refractivity contribution in [3.8, 4) is 0 Å². The number of carbonyl (C=O) groups excluding carboxylic acids is 1. The van der Waals surface area contributed by atoms with E-state index in [1.165, 1.54) is 0 Å². The average molecular weight is 203 g/mol. The maximum absolute atomic E-state index is 11.1. The number of aliphatic hydroxyl groups excluding tert-OH is 1. The first kappa shape index (κ1) is 13.4. The maximum atomic E-state index is 11.1. The van der Waals surface area contributed by atoms with Crippen LogP contribution < -0.4 is 16.4 Å². The van der Waals surface area contributed by atoms with Crippen LogP contribution in [-0.4, -0.2) is 43.8 Å². The number of rotatable bonds is 9. The first-order chi connectivity index (χ1) is 6.81. The SMILES string of the molecule is NCCNCCNC(=O)CCCCO. The van der Waals surface area contributed by atoms with Gasteiger partial charge in [-0.1, -0.05) is 0 Å². The summed E-state index contributed by atoms with van der Waals surface area (Å²) in [7, 11) is 0. The quantitative estimate of drug-likeness (QED) is 0.355. The Morgan fingerprint density at radius 1 is 1.21 bits per heavy atom. The molecule has 0 heterocycles. The maximum Gasteiger partial charge on any atom is 0.220 e. The van der Waals surface area contributed by atoms with Gasteiger partial charge in [-0.05, 0) is 12.8 Å². The van der Waals surface area contributed by atoms with E-state index in [0.717, 1.165) is 19.5 Å². The molecule has 0 aromatic rings. The van der Waals surface area contributed by atoms with E-state index in [-0.39, 0.29) is 12.5 Å². The van der Waals surface area contributed by atoms with E-state index in [2.05, 4.69) is 10.6 Å². The molecule has 0 saturated carbocycles. The molecule has 0 radical (unpaired) electrons. The van der Waals surface area contributed by atoms with Crippen molar-refractivity contribution in [2.24, 2.45) is 5.73 Å². The summed E-state index contributed by atoms with van der Waals surface area (Å²) in [6.07, 6.45) is 1.94. The molecule has 0 rings (SSSR count). The number of amides is 1. The van der Waals surface area contributed by atoms with E-state index >= 15 is 0 Å². The summed E-state index contributed by atoms with van der Waals surface area (Å²) >= 11 is 0. The summed E-state index contributed by atoms with van der Waals surface area (Å²) in [5, 5.41) is 14.4. The van der Waals surface area contributed by atoms with Crippen molar-refractivity contribution < 1.29 is 9.90 Å². The van der Waals surface area contributed by atoms with E-state index in [0.29, 0.717) is 25.9 Å². The first-order valence-corrected chi connectivity index (χ1v) is 5.09. The van der Waals surface area contributed by atoms with Crippen LogP contribution in [0.2, 0.25) is 0 Å². The van der Waals surface area contributed by atoms with Gasteiger partial charge in [0.05, 0.1) is 0 Å². The molecule has 0 spiro atoms. The Bertz CT molecular complexity index is 142. The lowest BCUT2D eigenvalue weighted by Gasteiger charge is -2.05. The zero-order chi connectivity index (χ0) is 10.6. The van der Waals surface area contributed by atoms with Crippen molar-refractivity contribution in [2.45, 2.75) is 19.3 Å².